The molecule has 0 bridgehead atoms. The second kappa shape index (κ2) is 7.71. The molecule has 3 N–H and O–H groups in total. The zero-order valence-electron chi connectivity index (χ0n) is 14.0. The lowest BCUT2D eigenvalue weighted by atomic mass is 10.1. The fraction of sp³-hybridized carbons (Fsp3) is 0.533. The fourth-order valence-electron chi connectivity index (χ4n) is 2.61. The Morgan fingerprint density at radius 2 is 2.04 bits per heavy atom. The van der Waals surface area contributed by atoms with Gasteiger partial charge in [-0.1, -0.05) is 0 Å². The predicted molar refractivity (Wildman–Crippen MR) is 91.4 cm³/mol. The predicted octanol–water partition coefficient (Wildman–Crippen LogP) is 0.557. The number of amides is 1. The number of piperidine rings is 1. The third-order valence-electron chi connectivity index (χ3n) is 3.67. The first-order valence-corrected chi connectivity index (χ1v) is 9.48. The van der Waals surface area contributed by atoms with Gasteiger partial charge in [0.05, 0.1) is 26.2 Å². The molecule has 1 saturated heterocycles. The number of carbonyl (C=O) groups excluding carboxylic acids is 1. The number of carbonyl (C=O) groups is 1. The van der Waals surface area contributed by atoms with E-state index in [-0.39, 0.29) is 29.1 Å². The summed E-state index contributed by atoms with van der Waals surface area (Å²) < 4.78 is 35.9. The van der Waals surface area contributed by atoms with Gasteiger partial charge in [-0.15, -0.1) is 0 Å². The third-order valence-corrected chi connectivity index (χ3v) is 4.26. The molecule has 1 atom stereocenters. The van der Waals surface area contributed by atoms with Crippen molar-refractivity contribution in [3.63, 3.8) is 0 Å². The van der Waals surface area contributed by atoms with Crippen LogP contribution in [0, 0.1) is 0 Å². The standard InChI is InChI=1S/C15H23N3O5S/c1-22-13-8-10(15(19)17-11-5-4-6-16-9-11)7-12(14(13)23-2)18-24(3,20)21/h7-8,11,16,18H,4-6,9H2,1-3H3,(H,17,19). The van der Waals surface area contributed by atoms with Crippen molar-refractivity contribution in [3.05, 3.63) is 17.7 Å². The van der Waals surface area contributed by atoms with Crippen molar-refractivity contribution in [1.29, 1.82) is 0 Å². The maximum Gasteiger partial charge on any atom is 0.251 e. The minimum atomic E-state index is -3.53. The molecule has 1 aromatic carbocycles. The Hall–Kier alpha value is -2.00. The number of rotatable bonds is 6. The van der Waals surface area contributed by atoms with Crippen LogP contribution in [-0.4, -0.2) is 53.9 Å². The molecule has 2 rings (SSSR count). The smallest absolute Gasteiger partial charge is 0.251 e. The summed E-state index contributed by atoms with van der Waals surface area (Å²) in [7, 11) is -0.705. The van der Waals surface area contributed by atoms with Crippen molar-refractivity contribution in [1.82, 2.24) is 10.6 Å². The molecule has 134 valence electrons. The van der Waals surface area contributed by atoms with Crippen LogP contribution in [0.15, 0.2) is 12.1 Å². The third kappa shape index (κ3) is 4.75. The van der Waals surface area contributed by atoms with Gasteiger partial charge in [0.15, 0.2) is 11.5 Å². The Bertz CT molecular complexity index is 699. The van der Waals surface area contributed by atoms with Gasteiger partial charge in [-0.25, -0.2) is 8.42 Å². The van der Waals surface area contributed by atoms with Crippen LogP contribution in [0.2, 0.25) is 0 Å². The van der Waals surface area contributed by atoms with Crippen molar-refractivity contribution in [3.8, 4) is 11.5 Å². The number of methoxy groups -OCH3 is 2. The van der Waals surface area contributed by atoms with E-state index in [1.54, 1.807) is 0 Å². The van der Waals surface area contributed by atoms with Crippen molar-refractivity contribution >= 4 is 21.6 Å². The Morgan fingerprint density at radius 3 is 2.58 bits per heavy atom. The topological polar surface area (TPSA) is 106 Å². The molecule has 1 fully saturated rings. The minimum Gasteiger partial charge on any atom is -0.493 e. The second-order valence-corrected chi connectivity index (χ2v) is 7.40. The lowest BCUT2D eigenvalue weighted by Crippen LogP contribution is -2.45. The average molecular weight is 357 g/mol. The lowest BCUT2D eigenvalue weighted by Gasteiger charge is -2.24. The molecule has 0 saturated carbocycles. The number of ether oxygens (including phenoxy) is 2. The highest BCUT2D eigenvalue weighted by molar-refractivity contribution is 7.92. The van der Waals surface area contributed by atoms with Gasteiger partial charge >= 0.3 is 0 Å². The molecule has 1 heterocycles. The fourth-order valence-corrected chi connectivity index (χ4v) is 3.17. The minimum absolute atomic E-state index is 0.0469. The van der Waals surface area contributed by atoms with Crippen LogP contribution < -0.4 is 24.8 Å². The van der Waals surface area contributed by atoms with E-state index in [1.165, 1.54) is 26.4 Å². The van der Waals surface area contributed by atoms with Crippen LogP contribution in [0.3, 0.4) is 0 Å². The van der Waals surface area contributed by atoms with Crippen LogP contribution in [-0.2, 0) is 10.0 Å². The molecule has 0 aliphatic carbocycles. The maximum absolute atomic E-state index is 12.5. The normalized spacial score (nSPS) is 17.9. The van der Waals surface area contributed by atoms with Gasteiger partial charge in [-0.2, -0.15) is 0 Å². The van der Waals surface area contributed by atoms with Crippen LogP contribution in [0.25, 0.3) is 0 Å². The van der Waals surface area contributed by atoms with E-state index in [9.17, 15) is 13.2 Å². The van der Waals surface area contributed by atoms with Crippen LogP contribution in [0.5, 0.6) is 11.5 Å². The van der Waals surface area contributed by atoms with Gasteiger partial charge in [0.25, 0.3) is 5.91 Å². The van der Waals surface area contributed by atoms with E-state index >= 15 is 0 Å². The largest absolute Gasteiger partial charge is 0.493 e. The van der Waals surface area contributed by atoms with E-state index in [4.69, 9.17) is 9.47 Å². The molecule has 24 heavy (non-hydrogen) atoms. The first-order chi connectivity index (χ1) is 11.3. The lowest BCUT2D eigenvalue weighted by molar-refractivity contribution is 0.0930. The van der Waals surface area contributed by atoms with Crippen molar-refractivity contribution in [2.75, 3.05) is 38.3 Å². The first kappa shape index (κ1) is 18.3. The summed E-state index contributed by atoms with van der Waals surface area (Å²) in [4.78, 5) is 12.5. The van der Waals surface area contributed by atoms with Gasteiger partial charge in [-0.3, -0.25) is 9.52 Å². The van der Waals surface area contributed by atoms with Gasteiger partial charge in [0.1, 0.15) is 0 Å². The van der Waals surface area contributed by atoms with Crippen LogP contribution in [0.1, 0.15) is 23.2 Å². The van der Waals surface area contributed by atoms with Gasteiger partial charge in [0.2, 0.25) is 10.0 Å². The Morgan fingerprint density at radius 1 is 1.29 bits per heavy atom. The Balaban J connectivity index is 2.31. The zero-order valence-corrected chi connectivity index (χ0v) is 14.8. The SMILES string of the molecule is COc1cc(C(=O)NC2CCCNC2)cc(NS(C)(=O)=O)c1OC. The van der Waals surface area contributed by atoms with E-state index in [0.29, 0.717) is 12.1 Å². The maximum atomic E-state index is 12.5. The number of hydrogen-bond donors (Lipinski definition) is 3. The molecule has 1 unspecified atom stereocenters. The highest BCUT2D eigenvalue weighted by Gasteiger charge is 2.21. The molecule has 8 nitrogen and oxygen atoms in total. The van der Waals surface area contributed by atoms with Gasteiger partial charge in [-0.05, 0) is 31.5 Å². The first-order valence-electron chi connectivity index (χ1n) is 7.59. The molecule has 1 aliphatic heterocycles. The monoisotopic (exact) mass is 357 g/mol. The van der Waals surface area contributed by atoms with Gasteiger partial charge < -0.3 is 20.1 Å². The number of hydrogen-bond acceptors (Lipinski definition) is 6. The molecule has 0 radical (unpaired) electrons. The molecule has 0 aromatic heterocycles. The Labute approximate surface area is 142 Å². The van der Waals surface area contributed by atoms with Crippen LogP contribution >= 0.6 is 0 Å². The highest BCUT2D eigenvalue weighted by Crippen LogP contribution is 2.37. The quantitative estimate of drug-likeness (QED) is 0.687. The Kier molecular flexibility index (Phi) is 5.89. The van der Waals surface area contributed by atoms with E-state index < -0.39 is 10.0 Å². The summed E-state index contributed by atoms with van der Waals surface area (Å²) in [6.07, 6.45) is 2.93. The van der Waals surface area contributed by atoms with Crippen molar-refractivity contribution < 1.29 is 22.7 Å². The summed E-state index contributed by atoms with van der Waals surface area (Å²) in [6.45, 7) is 1.67. The van der Waals surface area contributed by atoms with E-state index in [2.05, 4.69) is 15.4 Å². The summed E-state index contributed by atoms with van der Waals surface area (Å²) in [6, 6.07) is 3.01. The van der Waals surface area contributed by atoms with Crippen LogP contribution in [0.4, 0.5) is 5.69 Å². The number of sulfonamides is 1. The summed E-state index contributed by atoms with van der Waals surface area (Å²) >= 11 is 0. The van der Waals surface area contributed by atoms with Crippen molar-refractivity contribution in [2.24, 2.45) is 0 Å². The molecule has 1 aliphatic rings. The highest BCUT2D eigenvalue weighted by atomic mass is 32.2. The summed E-state index contributed by atoms with van der Waals surface area (Å²) in [5.41, 5.74) is 0.454. The molecule has 1 amide bonds. The number of benzene rings is 1. The number of nitrogens with one attached hydrogen (secondary N) is 3. The van der Waals surface area contributed by atoms with Gasteiger partial charge in [0, 0.05) is 18.2 Å². The molecular formula is C15H23N3O5S. The van der Waals surface area contributed by atoms with Crippen molar-refractivity contribution in [2.45, 2.75) is 18.9 Å². The average Bonchev–Trinajstić information content (AvgIpc) is 2.53. The molecule has 0 spiro atoms. The zero-order chi connectivity index (χ0) is 17.7. The molecule has 1 aromatic rings. The van der Waals surface area contributed by atoms with E-state index in [0.717, 1.165) is 25.6 Å². The number of anilines is 1. The second-order valence-electron chi connectivity index (χ2n) is 5.65. The van der Waals surface area contributed by atoms with E-state index in [1.807, 2.05) is 0 Å². The summed E-state index contributed by atoms with van der Waals surface area (Å²) in [5.74, 6) is 0.207. The molecule has 9 heteroatoms. The molecular weight excluding hydrogens is 334 g/mol. The summed E-state index contributed by atoms with van der Waals surface area (Å²) in [5, 5.41) is 6.16.